The average Bonchev–Trinajstić information content (AvgIpc) is 3.58. The number of anilines is 1. The lowest BCUT2D eigenvalue weighted by Gasteiger charge is -2.20. The molecule has 1 unspecified atom stereocenters. The molecule has 4 rings (SSSR count). The molecule has 11 nitrogen and oxygen atoms in total. The van der Waals surface area contributed by atoms with E-state index in [4.69, 9.17) is 11.5 Å². The van der Waals surface area contributed by atoms with Gasteiger partial charge >= 0.3 is 0 Å². The van der Waals surface area contributed by atoms with Crippen LogP contribution in [0.4, 0.5) is 10.8 Å². The van der Waals surface area contributed by atoms with Crippen LogP contribution < -0.4 is 26.8 Å². The Hall–Kier alpha value is -4.11. The molecule has 214 valence electrons. The minimum absolute atomic E-state index is 0.0647. The minimum atomic E-state index is -4.12. The van der Waals surface area contributed by atoms with Crippen molar-refractivity contribution in [1.82, 2.24) is 15.0 Å². The number of rotatable bonds is 10. The Morgan fingerprint density at radius 2 is 1.78 bits per heavy atom. The van der Waals surface area contributed by atoms with Gasteiger partial charge in [0.15, 0.2) is 11.1 Å². The van der Waals surface area contributed by atoms with E-state index >= 15 is 0 Å². The largest absolute Gasteiger partial charge is 0.370 e. The van der Waals surface area contributed by atoms with E-state index in [2.05, 4.69) is 25.3 Å². The highest BCUT2D eigenvalue weighted by atomic mass is 32.2. The summed E-state index contributed by atoms with van der Waals surface area (Å²) < 4.78 is 29.3. The summed E-state index contributed by atoms with van der Waals surface area (Å²) in [4.78, 5) is 35.5. The molecule has 41 heavy (non-hydrogen) atoms. The number of thiophene rings is 1. The van der Waals surface area contributed by atoms with Gasteiger partial charge in [-0.25, -0.2) is 18.4 Å². The van der Waals surface area contributed by atoms with E-state index in [0.717, 1.165) is 16.0 Å². The van der Waals surface area contributed by atoms with Gasteiger partial charge in [-0.2, -0.15) is 4.72 Å². The van der Waals surface area contributed by atoms with E-state index < -0.39 is 27.9 Å². The monoisotopic (exact) mass is 611 g/mol. The molecule has 14 heteroatoms. The third kappa shape index (κ3) is 7.55. The number of aryl methyl sites for hydroxylation is 3. The summed E-state index contributed by atoms with van der Waals surface area (Å²) in [6.07, 6.45) is 1.52. The zero-order valence-electron chi connectivity index (χ0n) is 22.5. The quantitative estimate of drug-likeness (QED) is 0.134. The van der Waals surface area contributed by atoms with Crippen molar-refractivity contribution in [2.24, 2.45) is 16.5 Å². The molecule has 4 aromatic rings. The zero-order valence-corrected chi connectivity index (χ0v) is 24.9. The second-order valence-electron chi connectivity index (χ2n) is 9.19. The van der Waals surface area contributed by atoms with Crippen molar-refractivity contribution in [2.75, 3.05) is 11.9 Å². The number of carbonyl (C=O) groups excluding carboxylic acids is 2. The van der Waals surface area contributed by atoms with Gasteiger partial charge in [0.2, 0.25) is 15.9 Å². The van der Waals surface area contributed by atoms with Crippen LogP contribution in [0, 0.1) is 20.8 Å². The average molecular weight is 612 g/mol. The fourth-order valence-electron chi connectivity index (χ4n) is 4.28. The van der Waals surface area contributed by atoms with E-state index in [1.807, 2.05) is 13.0 Å². The van der Waals surface area contributed by atoms with Gasteiger partial charge in [0.25, 0.3) is 5.91 Å². The number of carbonyl (C=O) groups is 2. The molecule has 0 bridgehead atoms. The van der Waals surface area contributed by atoms with Crippen molar-refractivity contribution in [3.63, 3.8) is 0 Å². The van der Waals surface area contributed by atoms with Gasteiger partial charge < -0.3 is 22.1 Å². The highest BCUT2D eigenvalue weighted by molar-refractivity contribution is 7.89. The fourth-order valence-corrected chi connectivity index (χ4v) is 7.38. The molecule has 2 aromatic carbocycles. The van der Waals surface area contributed by atoms with Crippen molar-refractivity contribution >= 4 is 61.3 Å². The molecule has 0 aliphatic heterocycles. The summed E-state index contributed by atoms with van der Waals surface area (Å²) in [5.41, 5.74) is 14.3. The number of hydrogen-bond donors (Lipinski definition) is 5. The molecule has 0 saturated heterocycles. The molecule has 2 amide bonds. The predicted octanol–water partition coefficient (Wildman–Crippen LogP) is 3.42. The van der Waals surface area contributed by atoms with Crippen molar-refractivity contribution in [1.29, 1.82) is 0 Å². The normalized spacial score (nSPS) is 12.0. The third-order valence-corrected chi connectivity index (χ3v) is 9.43. The van der Waals surface area contributed by atoms with Gasteiger partial charge in [0, 0.05) is 23.0 Å². The lowest BCUT2D eigenvalue weighted by atomic mass is 10.1. The number of sulfonamides is 1. The molecule has 0 spiro atoms. The summed E-state index contributed by atoms with van der Waals surface area (Å²) >= 11 is 2.42. The number of hydrogen-bond acceptors (Lipinski definition) is 8. The van der Waals surface area contributed by atoms with Gasteiger partial charge in [-0.05, 0) is 61.7 Å². The third-order valence-electron chi connectivity index (χ3n) is 5.84. The van der Waals surface area contributed by atoms with E-state index in [1.165, 1.54) is 28.9 Å². The van der Waals surface area contributed by atoms with Crippen molar-refractivity contribution in [3.05, 3.63) is 81.7 Å². The number of benzene rings is 2. The smallest absolute Gasteiger partial charge is 0.261 e. The number of thiazole rings is 1. The molecule has 2 heterocycles. The van der Waals surface area contributed by atoms with Gasteiger partial charge in [-0.15, -0.1) is 22.7 Å². The predicted molar refractivity (Wildman–Crippen MR) is 163 cm³/mol. The van der Waals surface area contributed by atoms with Crippen LogP contribution in [-0.4, -0.2) is 43.8 Å². The Balaban J connectivity index is 1.53. The second-order valence-corrected chi connectivity index (χ2v) is 12.8. The molecule has 2 aromatic heterocycles. The molecule has 0 aliphatic carbocycles. The number of nitrogens with two attached hydrogens (primary N) is 2. The van der Waals surface area contributed by atoms with Crippen LogP contribution in [0.15, 0.2) is 70.0 Å². The van der Waals surface area contributed by atoms with Gasteiger partial charge in [0.1, 0.15) is 6.04 Å². The molecular formula is C27H29N7O4S3. The lowest BCUT2D eigenvalue weighted by Crippen LogP contribution is -2.50. The first kappa shape index (κ1) is 29.9. The maximum Gasteiger partial charge on any atom is 0.261 e. The lowest BCUT2D eigenvalue weighted by molar-refractivity contribution is -0.117. The number of aliphatic imine (C=N–C) groups is 1. The Kier molecular flexibility index (Phi) is 9.18. The molecule has 0 fully saturated rings. The van der Waals surface area contributed by atoms with E-state index in [0.29, 0.717) is 26.8 Å². The molecule has 7 N–H and O–H groups in total. The van der Waals surface area contributed by atoms with Crippen LogP contribution >= 0.6 is 22.7 Å². The topological polar surface area (TPSA) is 182 Å². The van der Waals surface area contributed by atoms with Crippen LogP contribution in [0.25, 0.3) is 10.4 Å². The zero-order chi connectivity index (χ0) is 29.7. The van der Waals surface area contributed by atoms with Crippen LogP contribution in [0.3, 0.4) is 0 Å². The Bertz CT molecular complexity index is 1690. The Morgan fingerprint density at radius 1 is 1.05 bits per heavy atom. The second kappa shape index (κ2) is 12.6. The highest BCUT2D eigenvalue weighted by Crippen LogP contribution is 2.30. The van der Waals surface area contributed by atoms with Crippen LogP contribution in [-0.2, 0) is 14.8 Å². The maximum atomic E-state index is 13.4. The molecule has 0 aliphatic rings. The van der Waals surface area contributed by atoms with Crippen molar-refractivity contribution in [2.45, 2.75) is 31.7 Å². The SMILES string of the molecule is Cc1cc(C)c(S(=O)(=O)NC(CNC(=O)c2ccc(-c3cccc(N=C(N)N)c3)s2)C(=O)Nc2nccs2)c(C)c1. The van der Waals surface area contributed by atoms with E-state index in [-0.39, 0.29) is 17.4 Å². The molecular weight excluding hydrogens is 583 g/mol. The number of aromatic nitrogens is 1. The van der Waals surface area contributed by atoms with Crippen molar-refractivity contribution < 1.29 is 18.0 Å². The first-order valence-corrected chi connectivity index (χ1v) is 15.5. The number of amides is 2. The first-order valence-electron chi connectivity index (χ1n) is 12.3. The summed E-state index contributed by atoms with van der Waals surface area (Å²) in [5.74, 6) is -1.18. The minimum Gasteiger partial charge on any atom is -0.370 e. The van der Waals surface area contributed by atoms with Gasteiger partial charge in [-0.1, -0.05) is 29.8 Å². The molecule has 0 radical (unpaired) electrons. The number of nitrogens with zero attached hydrogens (tertiary/aromatic N) is 2. The van der Waals surface area contributed by atoms with Gasteiger partial charge in [-0.3, -0.25) is 9.59 Å². The Labute approximate surface area is 245 Å². The van der Waals surface area contributed by atoms with Crippen LogP contribution in [0.5, 0.6) is 0 Å². The van der Waals surface area contributed by atoms with Crippen LogP contribution in [0.2, 0.25) is 0 Å². The summed E-state index contributed by atoms with van der Waals surface area (Å²) in [7, 11) is -4.12. The summed E-state index contributed by atoms with van der Waals surface area (Å²) in [6, 6.07) is 12.8. The van der Waals surface area contributed by atoms with Crippen LogP contribution in [0.1, 0.15) is 26.4 Å². The van der Waals surface area contributed by atoms with E-state index in [9.17, 15) is 18.0 Å². The fraction of sp³-hybridized carbons (Fsp3) is 0.185. The maximum absolute atomic E-state index is 13.4. The number of nitrogens with one attached hydrogen (secondary N) is 3. The molecule has 1 atom stereocenters. The van der Waals surface area contributed by atoms with E-state index in [1.54, 1.807) is 61.7 Å². The van der Waals surface area contributed by atoms with Gasteiger partial charge in [0.05, 0.1) is 15.5 Å². The standard InChI is InChI=1S/C27H29N7O4S3/c1-15-11-16(2)23(17(3)12-15)41(37,38)34-20(24(35)33-27-30-9-10-39-27)14-31-25(36)22-8-7-21(40-22)18-5-4-6-19(13-18)32-26(28)29/h4-13,20,34H,14H2,1-3H3,(H,31,36)(H4,28,29,32)(H,30,33,35). The summed E-state index contributed by atoms with van der Waals surface area (Å²) in [5, 5.41) is 7.27. The summed E-state index contributed by atoms with van der Waals surface area (Å²) in [6.45, 7) is 4.97. The number of guanidine groups is 1. The Morgan fingerprint density at radius 3 is 2.44 bits per heavy atom. The highest BCUT2D eigenvalue weighted by Gasteiger charge is 2.29. The molecule has 0 saturated carbocycles. The van der Waals surface area contributed by atoms with Crippen molar-refractivity contribution in [3.8, 4) is 10.4 Å². The first-order chi connectivity index (χ1) is 19.4.